The molecule has 0 heterocycles. The second-order valence-corrected chi connectivity index (χ2v) is 4.56. The molecule has 0 unspecified atom stereocenters. The minimum absolute atomic E-state index is 0.0120. The van der Waals surface area contributed by atoms with Gasteiger partial charge in [0.2, 0.25) is 5.75 Å². The monoisotopic (exact) mass is 272 g/mol. The largest absolute Gasteiger partial charge is 0.504 e. The van der Waals surface area contributed by atoms with Gasteiger partial charge in [-0.25, -0.2) is 0 Å². The fraction of sp³-hybridized carbons (Fsp3) is 0.250. The number of hydrogen-bond acceptors (Lipinski definition) is 4. The highest BCUT2D eigenvalue weighted by atomic mass is 16.5. The molecule has 4 heteroatoms. The Hall–Kier alpha value is -2.36. The van der Waals surface area contributed by atoms with Gasteiger partial charge in [-0.3, -0.25) is 0 Å². The van der Waals surface area contributed by atoms with Crippen LogP contribution in [-0.4, -0.2) is 33.4 Å². The van der Waals surface area contributed by atoms with Crippen molar-refractivity contribution in [2.45, 2.75) is 0 Å². The SMILES string of the molecule is COc1c(-c2ccc(N(C)C)cc2)[c]cc(O)c1OC. The number of nitrogens with zero attached hydrogens (tertiary/aromatic N) is 1. The Morgan fingerprint density at radius 3 is 2.10 bits per heavy atom. The molecular weight excluding hydrogens is 254 g/mol. The lowest BCUT2D eigenvalue weighted by Gasteiger charge is -2.15. The molecule has 2 rings (SSSR count). The third-order valence-corrected chi connectivity index (χ3v) is 3.10. The topological polar surface area (TPSA) is 41.9 Å². The van der Waals surface area contributed by atoms with Crippen LogP contribution in [0.2, 0.25) is 0 Å². The Bertz CT molecular complexity index is 591. The lowest BCUT2D eigenvalue weighted by molar-refractivity contribution is 0.334. The molecule has 0 aromatic heterocycles. The van der Waals surface area contributed by atoms with Crippen LogP contribution in [-0.2, 0) is 0 Å². The summed E-state index contributed by atoms with van der Waals surface area (Å²) in [6, 6.07) is 12.5. The maximum absolute atomic E-state index is 9.77. The van der Waals surface area contributed by atoms with E-state index in [1.54, 1.807) is 7.11 Å². The van der Waals surface area contributed by atoms with Crippen LogP contribution in [0.15, 0.2) is 30.3 Å². The van der Waals surface area contributed by atoms with Gasteiger partial charge >= 0.3 is 0 Å². The zero-order valence-corrected chi connectivity index (χ0v) is 12.1. The van der Waals surface area contributed by atoms with E-state index in [2.05, 4.69) is 6.07 Å². The number of hydrogen-bond donors (Lipinski definition) is 1. The number of rotatable bonds is 4. The number of aromatic hydroxyl groups is 1. The molecule has 2 aromatic rings. The minimum Gasteiger partial charge on any atom is -0.504 e. The Balaban J connectivity index is 2.52. The summed E-state index contributed by atoms with van der Waals surface area (Å²) in [5.74, 6) is 0.807. The molecule has 20 heavy (non-hydrogen) atoms. The van der Waals surface area contributed by atoms with Crippen LogP contribution in [0, 0.1) is 6.07 Å². The van der Waals surface area contributed by atoms with Crippen LogP contribution in [0.4, 0.5) is 5.69 Å². The van der Waals surface area contributed by atoms with Gasteiger partial charge in [0.25, 0.3) is 0 Å². The second kappa shape index (κ2) is 5.74. The Labute approximate surface area is 119 Å². The Kier molecular flexibility index (Phi) is 4.03. The molecule has 0 aliphatic rings. The third-order valence-electron chi connectivity index (χ3n) is 3.10. The zero-order chi connectivity index (χ0) is 14.7. The van der Waals surface area contributed by atoms with Crippen LogP contribution in [0.5, 0.6) is 17.2 Å². The maximum Gasteiger partial charge on any atom is 0.203 e. The molecule has 0 saturated carbocycles. The molecule has 0 saturated heterocycles. The highest BCUT2D eigenvalue weighted by molar-refractivity contribution is 5.76. The zero-order valence-electron chi connectivity index (χ0n) is 12.1. The molecular formula is C16H18NO3. The number of methoxy groups -OCH3 is 2. The third kappa shape index (κ3) is 2.50. The van der Waals surface area contributed by atoms with E-state index >= 15 is 0 Å². The van der Waals surface area contributed by atoms with Gasteiger partial charge in [0.15, 0.2) is 11.5 Å². The fourth-order valence-electron chi connectivity index (χ4n) is 2.03. The average molecular weight is 272 g/mol. The molecule has 0 spiro atoms. The van der Waals surface area contributed by atoms with Crippen LogP contribution in [0.3, 0.4) is 0 Å². The van der Waals surface area contributed by atoms with Crippen molar-refractivity contribution in [1.29, 1.82) is 0 Å². The van der Waals surface area contributed by atoms with E-state index in [-0.39, 0.29) is 5.75 Å². The Morgan fingerprint density at radius 1 is 1.00 bits per heavy atom. The van der Waals surface area contributed by atoms with Gasteiger partial charge in [-0.1, -0.05) is 12.1 Å². The van der Waals surface area contributed by atoms with Crippen molar-refractivity contribution in [2.24, 2.45) is 0 Å². The summed E-state index contributed by atoms with van der Waals surface area (Å²) in [4.78, 5) is 2.03. The molecule has 0 fully saturated rings. The molecule has 2 aromatic carbocycles. The second-order valence-electron chi connectivity index (χ2n) is 4.56. The normalized spacial score (nSPS) is 10.2. The van der Waals surface area contributed by atoms with Crippen molar-refractivity contribution in [3.8, 4) is 28.4 Å². The summed E-state index contributed by atoms with van der Waals surface area (Å²) in [6.45, 7) is 0. The first-order valence-electron chi connectivity index (χ1n) is 6.22. The average Bonchev–Trinajstić information content (AvgIpc) is 2.46. The molecule has 0 bridgehead atoms. The lowest BCUT2D eigenvalue weighted by Crippen LogP contribution is -2.07. The van der Waals surface area contributed by atoms with Gasteiger partial charge < -0.3 is 19.5 Å². The van der Waals surface area contributed by atoms with E-state index in [0.29, 0.717) is 11.5 Å². The first kappa shape index (κ1) is 14.1. The van der Waals surface area contributed by atoms with Gasteiger partial charge in [-0.2, -0.15) is 0 Å². The smallest absolute Gasteiger partial charge is 0.203 e. The summed E-state index contributed by atoms with van der Waals surface area (Å²) in [6.07, 6.45) is 0. The number of phenolic OH excluding ortho intramolecular Hbond substituents is 1. The number of ether oxygens (including phenoxy) is 2. The van der Waals surface area contributed by atoms with Gasteiger partial charge in [0.05, 0.1) is 14.2 Å². The summed E-state index contributed by atoms with van der Waals surface area (Å²) in [5.41, 5.74) is 2.82. The van der Waals surface area contributed by atoms with Gasteiger partial charge in [0.1, 0.15) is 0 Å². The minimum atomic E-state index is 0.0120. The predicted octanol–water partition coefficient (Wildman–Crippen LogP) is 2.94. The van der Waals surface area contributed by atoms with Gasteiger partial charge in [-0.15, -0.1) is 0 Å². The van der Waals surface area contributed by atoms with Crippen molar-refractivity contribution in [1.82, 2.24) is 0 Å². The quantitative estimate of drug-likeness (QED) is 0.929. The van der Waals surface area contributed by atoms with E-state index in [9.17, 15) is 5.11 Å². The van der Waals surface area contributed by atoms with E-state index < -0.39 is 0 Å². The number of anilines is 1. The molecule has 0 aliphatic heterocycles. The first-order valence-corrected chi connectivity index (χ1v) is 6.22. The van der Waals surface area contributed by atoms with Crippen LogP contribution < -0.4 is 14.4 Å². The lowest BCUT2D eigenvalue weighted by atomic mass is 10.0. The highest BCUT2D eigenvalue weighted by Gasteiger charge is 2.16. The van der Waals surface area contributed by atoms with Crippen molar-refractivity contribution in [3.63, 3.8) is 0 Å². The van der Waals surface area contributed by atoms with E-state index in [4.69, 9.17) is 9.47 Å². The van der Waals surface area contributed by atoms with E-state index in [1.165, 1.54) is 13.2 Å². The van der Waals surface area contributed by atoms with Crippen LogP contribution in [0.25, 0.3) is 11.1 Å². The molecule has 0 aliphatic carbocycles. The van der Waals surface area contributed by atoms with E-state index in [0.717, 1.165) is 16.8 Å². The maximum atomic E-state index is 9.77. The van der Waals surface area contributed by atoms with Crippen molar-refractivity contribution in [3.05, 3.63) is 36.4 Å². The Morgan fingerprint density at radius 2 is 1.60 bits per heavy atom. The molecule has 1 radical (unpaired) electrons. The first-order chi connectivity index (χ1) is 9.58. The van der Waals surface area contributed by atoms with Gasteiger partial charge in [0, 0.05) is 25.3 Å². The highest BCUT2D eigenvalue weighted by Crippen LogP contribution is 2.43. The summed E-state index contributed by atoms with van der Waals surface area (Å²) in [5, 5.41) is 9.77. The van der Waals surface area contributed by atoms with Crippen LogP contribution >= 0.6 is 0 Å². The van der Waals surface area contributed by atoms with Crippen LogP contribution in [0.1, 0.15) is 0 Å². The molecule has 1 N–H and O–H groups in total. The molecule has 4 nitrogen and oxygen atoms in total. The fourth-order valence-corrected chi connectivity index (χ4v) is 2.03. The van der Waals surface area contributed by atoms with Crippen molar-refractivity contribution in [2.75, 3.05) is 33.2 Å². The summed E-state index contributed by atoms with van der Waals surface area (Å²) in [7, 11) is 7.02. The van der Waals surface area contributed by atoms with Gasteiger partial charge in [-0.05, 0) is 29.8 Å². The number of benzene rings is 2. The summed E-state index contributed by atoms with van der Waals surface area (Å²) < 4.78 is 10.5. The predicted molar refractivity (Wildman–Crippen MR) is 79.8 cm³/mol. The van der Waals surface area contributed by atoms with E-state index in [1.807, 2.05) is 43.3 Å². The molecule has 0 atom stereocenters. The van der Waals surface area contributed by atoms with Crippen molar-refractivity contribution < 1.29 is 14.6 Å². The molecule has 0 amide bonds. The number of phenols is 1. The van der Waals surface area contributed by atoms with Crippen molar-refractivity contribution >= 4 is 5.69 Å². The standard InChI is InChI=1S/C16H18NO3/c1-17(2)12-7-5-11(6-8-12)13-9-10-14(18)16(20-4)15(13)19-3/h5-8,10,18H,1-4H3. The molecule has 105 valence electrons. The summed E-state index contributed by atoms with van der Waals surface area (Å²) >= 11 is 0.